The monoisotopic (exact) mass is 365 g/mol. The summed E-state index contributed by atoms with van der Waals surface area (Å²) in [6.07, 6.45) is 2.14. The Hall–Kier alpha value is -1.67. The molecule has 2 aromatic carbocycles. The molecule has 116 valence electrons. The molecule has 0 unspecified atom stereocenters. The Balaban J connectivity index is 1.94. The van der Waals surface area contributed by atoms with Gasteiger partial charge < -0.3 is 0 Å². The number of benzene rings is 2. The highest BCUT2D eigenvalue weighted by molar-refractivity contribution is 9.10. The number of hydrogen-bond acceptors (Lipinski definition) is 1. The summed E-state index contributed by atoms with van der Waals surface area (Å²) < 4.78 is 1.20. The smallest absolute Gasteiger partial charge is 0.0744 e. The molecule has 0 bridgehead atoms. The summed E-state index contributed by atoms with van der Waals surface area (Å²) in [7, 11) is 0. The second-order valence-corrected chi connectivity index (χ2v) is 8.27. The van der Waals surface area contributed by atoms with Crippen LogP contribution in [0.4, 0.5) is 0 Å². The van der Waals surface area contributed by atoms with Gasteiger partial charge in [0.1, 0.15) is 0 Å². The average Bonchev–Trinajstić information content (AvgIpc) is 2.52. The zero-order valence-corrected chi connectivity index (χ0v) is 15.4. The molecule has 1 aliphatic rings. The highest BCUT2D eigenvalue weighted by Crippen LogP contribution is 2.37. The predicted octanol–water partition coefficient (Wildman–Crippen LogP) is 6.06. The van der Waals surface area contributed by atoms with Crippen LogP contribution in [0.25, 0.3) is 22.2 Å². The van der Waals surface area contributed by atoms with Crippen molar-refractivity contribution < 1.29 is 0 Å². The summed E-state index contributed by atoms with van der Waals surface area (Å²) in [6, 6.07) is 15.5. The molecule has 3 aromatic rings. The predicted molar refractivity (Wildman–Crippen MR) is 101 cm³/mol. The normalized spacial score (nSPS) is 13.7. The number of halogens is 1. The quantitative estimate of drug-likeness (QED) is 0.471. The van der Waals surface area contributed by atoms with Gasteiger partial charge in [-0.2, -0.15) is 0 Å². The zero-order valence-electron chi connectivity index (χ0n) is 13.8. The van der Waals surface area contributed by atoms with E-state index in [2.05, 4.69) is 79.2 Å². The van der Waals surface area contributed by atoms with Gasteiger partial charge in [-0.25, -0.2) is 4.98 Å². The van der Waals surface area contributed by atoms with E-state index in [1.54, 1.807) is 0 Å². The molecule has 1 nitrogen and oxygen atoms in total. The van der Waals surface area contributed by atoms with Crippen molar-refractivity contribution >= 4 is 26.8 Å². The third kappa shape index (κ3) is 2.49. The van der Waals surface area contributed by atoms with Crippen molar-refractivity contribution in [3.63, 3.8) is 0 Å². The Labute approximate surface area is 145 Å². The van der Waals surface area contributed by atoms with Crippen LogP contribution in [0.3, 0.4) is 0 Å². The number of pyridine rings is 1. The van der Waals surface area contributed by atoms with Gasteiger partial charge >= 0.3 is 0 Å². The van der Waals surface area contributed by atoms with E-state index in [0.29, 0.717) is 0 Å². The number of aryl methyl sites for hydroxylation is 1. The Morgan fingerprint density at radius 1 is 1.00 bits per heavy atom. The molecule has 0 amide bonds. The molecule has 0 aliphatic heterocycles. The summed E-state index contributed by atoms with van der Waals surface area (Å²) in [5.74, 6) is 0. The molecule has 0 N–H and O–H groups in total. The first-order chi connectivity index (χ1) is 10.9. The fourth-order valence-corrected chi connectivity index (χ4v) is 3.97. The molecule has 1 heterocycles. The highest BCUT2D eigenvalue weighted by Gasteiger charge is 2.20. The third-order valence-corrected chi connectivity index (χ3v) is 5.52. The highest BCUT2D eigenvalue weighted by atomic mass is 79.9. The molecule has 0 atom stereocenters. The molecule has 2 heteroatoms. The number of hydrogen-bond donors (Lipinski definition) is 0. The van der Waals surface area contributed by atoms with Crippen LogP contribution in [-0.4, -0.2) is 4.98 Å². The first kappa shape index (κ1) is 14.9. The number of fused-ring (bicyclic) bond motifs is 4. The van der Waals surface area contributed by atoms with E-state index in [1.165, 1.54) is 32.1 Å². The standard InChI is InChI=1S/C21H20BrN/c1-21(2,3)15-8-10-19-14(12-15)11-13-7-9-16-17(20(13)23-19)5-4-6-18(16)22/h4-6,8,10-12H,7,9H2,1-3H3. The minimum Gasteiger partial charge on any atom is -0.247 e. The van der Waals surface area contributed by atoms with Crippen molar-refractivity contribution in [2.75, 3.05) is 0 Å². The van der Waals surface area contributed by atoms with Gasteiger partial charge in [0.25, 0.3) is 0 Å². The molecule has 23 heavy (non-hydrogen) atoms. The minimum absolute atomic E-state index is 0.168. The minimum atomic E-state index is 0.168. The molecule has 0 spiro atoms. The zero-order chi connectivity index (χ0) is 16.2. The van der Waals surface area contributed by atoms with Crippen molar-refractivity contribution in [3.8, 4) is 11.3 Å². The van der Waals surface area contributed by atoms with Gasteiger partial charge in [0.05, 0.1) is 11.2 Å². The number of nitrogens with zero attached hydrogens (tertiary/aromatic N) is 1. The Kier molecular flexibility index (Phi) is 3.35. The van der Waals surface area contributed by atoms with E-state index in [4.69, 9.17) is 4.98 Å². The van der Waals surface area contributed by atoms with Crippen LogP contribution < -0.4 is 0 Å². The number of aromatic nitrogens is 1. The lowest BCUT2D eigenvalue weighted by atomic mass is 9.85. The van der Waals surface area contributed by atoms with Gasteiger partial charge in [-0.15, -0.1) is 0 Å². The first-order valence-corrected chi connectivity index (χ1v) is 8.95. The SMILES string of the molecule is CC(C)(C)c1ccc2nc3c(cc2c1)CCc1c(Br)cccc1-3. The van der Waals surface area contributed by atoms with Crippen molar-refractivity contribution in [1.29, 1.82) is 0 Å². The van der Waals surface area contributed by atoms with E-state index in [1.807, 2.05) is 0 Å². The molecule has 0 radical (unpaired) electrons. The second-order valence-electron chi connectivity index (χ2n) is 7.42. The van der Waals surface area contributed by atoms with Crippen molar-refractivity contribution in [2.24, 2.45) is 0 Å². The Morgan fingerprint density at radius 2 is 1.83 bits per heavy atom. The van der Waals surface area contributed by atoms with Gasteiger partial charge in [0.15, 0.2) is 0 Å². The number of rotatable bonds is 0. The average molecular weight is 366 g/mol. The maximum atomic E-state index is 5.00. The Bertz CT molecular complexity index is 919. The molecule has 0 saturated carbocycles. The van der Waals surface area contributed by atoms with Crippen molar-refractivity contribution in [3.05, 3.63) is 63.6 Å². The van der Waals surface area contributed by atoms with E-state index >= 15 is 0 Å². The summed E-state index contributed by atoms with van der Waals surface area (Å²) in [5.41, 5.74) is 7.82. The van der Waals surface area contributed by atoms with Gasteiger partial charge in [0.2, 0.25) is 0 Å². The molecule has 4 rings (SSSR count). The molecular formula is C21H20BrN. The summed E-state index contributed by atoms with van der Waals surface area (Å²) >= 11 is 3.69. The largest absolute Gasteiger partial charge is 0.247 e. The fourth-order valence-electron chi connectivity index (χ4n) is 3.40. The summed E-state index contributed by atoms with van der Waals surface area (Å²) in [6.45, 7) is 6.77. The van der Waals surface area contributed by atoms with Crippen LogP contribution in [0, 0.1) is 0 Å². The van der Waals surface area contributed by atoms with Crippen molar-refractivity contribution in [1.82, 2.24) is 4.98 Å². The van der Waals surface area contributed by atoms with E-state index in [9.17, 15) is 0 Å². The van der Waals surface area contributed by atoms with Gasteiger partial charge in [-0.3, -0.25) is 0 Å². The van der Waals surface area contributed by atoms with Gasteiger partial charge in [0, 0.05) is 15.4 Å². The fraction of sp³-hybridized carbons (Fsp3) is 0.286. The first-order valence-electron chi connectivity index (χ1n) is 8.15. The van der Waals surface area contributed by atoms with E-state index in [0.717, 1.165) is 24.1 Å². The van der Waals surface area contributed by atoms with Crippen LogP contribution in [0.5, 0.6) is 0 Å². The maximum Gasteiger partial charge on any atom is 0.0744 e. The van der Waals surface area contributed by atoms with E-state index in [-0.39, 0.29) is 5.41 Å². The lowest BCUT2D eigenvalue weighted by Gasteiger charge is -2.22. The second kappa shape index (κ2) is 5.17. The van der Waals surface area contributed by atoms with Crippen LogP contribution in [-0.2, 0) is 18.3 Å². The molecule has 1 aliphatic carbocycles. The van der Waals surface area contributed by atoms with Gasteiger partial charge in [-0.05, 0) is 59.2 Å². The van der Waals surface area contributed by atoms with Gasteiger partial charge in [-0.1, -0.05) is 54.9 Å². The summed E-state index contributed by atoms with van der Waals surface area (Å²) in [4.78, 5) is 5.00. The lowest BCUT2D eigenvalue weighted by molar-refractivity contribution is 0.591. The summed E-state index contributed by atoms with van der Waals surface area (Å²) in [5, 5.41) is 1.26. The van der Waals surface area contributed by atoms with Crippen LogP contribution in [0.1, 0.15) is 37.5 Å². The topological polar surface area (TPSA) is 12.9 Å². The van der Waals surface area contributed by atoms with Crippen LogP contribution in [0.2, 0.25) is 0 Å². The molecule has 0 saturated heterocycles. The van der Waals surface area contributed by atoms with Crippen LogP contribution in [0.15, 0.2) is 46.9 Å². The lowest BCUT2D eigenvalue weighted by Crippen LogP contribution is -2.11. The molecule has 1 aromatic heterocycles. The Morgan fingerprint density at radius 3 is 2.61 bits per heavy atom. The molecular weight excluding hydrogens is 346 g/mol. The molecule has 0 fully saturated rings. The van der Waals surface area contributed by atoms with Crippen molar-refractivity contribution in [2.45, 2.75) is 39.0 Å². The maximum absolute atomic E-state index is 5.00. The van der Waals surface area contributed by atoms with E-state index < -0.39 is 0 Å². The van der Waals surface area contributed by atoms with Crippen LogP contribution >= 0.6 is 15.9 Å². The third-order valence-electron chi connectivity index (χ3n) is 4.78.